The number of rotatable bonds is 7. The molecular formula is C16H28N2O4. The molecular weight excluding hydrogens is 284 g/mol. The molecule has 126 valence electrons. The first-order valence-electron chi connectivity index (χ1n) is 8.10. The maximum absolute atomic E-state index is 12.3. The number of carboxylic acids is 1. The van der Waals surface area contributed by atoms with E-state index in [9.17, 15) is 14.4 Å². The number of carbonyl (C=O) groups excluding carboxylic acids is 2. The molecule has 0 saturated carbocycles. The van der Waals surface area contributed by atoms with E-state index in [1.807, 2.05) is 6.92 Å². The summed E-state index contributed by atoms with van der Waals surface area (Å²) < 4.78 is 0. The highest BCUT2D eigenvalue weighted by Crippen LogP contribution is 2.21. The number of nitrogens with zero attached hydrogens (tertiary/aromatic N) is 1. The van der Waals surface area contributed by atoms with Crippen molar-refractivity contribution in [1.29, 1.82) is 0 Å². The molecule has 0 bridgehead atoms. The van der Waals surface area contributed by atoms with Crippen molar-refractivity contribution in [2.45, 2.75) is 65.3 Å². The Morgan fingerprint density at radius 3 is 2.55 bits per heavy atom. The van der Waals surface area contributed by atoms with Gasteiger partial charge in [-0.2, -0.15) is 0 Å². The number of hydrogen-bond acceptors (Lipinski definition) is 3. The molecule has 1 unspecified atom stereocenters. The number of carbonyl (C=O) groups is 3. The van der Waals surface area contributed by atoms with E-state index in [1.165, 1.54) is 0 Å². The van der Waals surface area contributed by atoms with Crippen LogP contribution in [0.5, 0.6) is 0 Å². The SMILES string of the molecule is CCCC(=O)N1CCCCC1C(=O)NCCC(C)(C)C(=O)O. The van der Waals surface area contributed by atoms with Crippen LogP contribution in [0.3, 0.4) is 0 Å². The summed E-state index contributed by atoms with van der Waals surface area (Å²) in [5.41, 5.74) is -0.864. The Morgan fingerprint density at radius 1 is 1.27 bits per heavy atom. The molecule has 0 aromatic rings. The van der Waals surface area contributed by atoms with E-state index in [0.29, 0.717) is 32.4 Å². The zero-order valence-corrected chi connectivity index (χ0v) is 13.9. The summed E-state index contributed by atoms with van der Waals surface area (Å²) in [5.74, 6) is -1.00. The zero-order chi connectivity index (χ0) is 16.8. The third-order valence-electron chi connectivity index (χ3n) is 4.22. The number of piperidine rings is 1. The van der Waals surface area contributed by atoms with Gasteiger partial charge >= 0.3 is 5.97 Å². The Balaban J connectivity index is 2.54. The van der Waals surface area contributed by atoms with Gasteiger partial charge in [0, 0.05) is 19.5 Å². The Kier molecular flexibility index (Phi) is 6.84. The first kappa shape index (κ1) is 18.5. The first-order valence-corrected chi connectivity index (χ1v) is 8.10. The molecule has 0 radical (unpaired) electrons. The van der Waals surface area contributed by atoms with Crippen molar-refractivity contribution in [1.82, 2.24) is 10.2 Å². The van der Waals surface area contributed by atoms with Gasteiger partial charge < -0.3 is 15.3 Å². The summed E-state index contributed by atoms with van der Waals surface area (Å²) in [5, 5.41) is 11.9. The number of carboxylic acid groups (broad SMARTS) is 1. The summed E-state index contributed by atoms with van der Waals surface area (Å²) >= 11 is 0. The van der Waals surface area contributed by atoms with Gasteiger partial charge in [0.15, 0.2) is 0 Å². The van der Waals surface area contributed by atoms with E-state index in [-0.39, 0.29) is 11.8 Å². The van der Waals surface area contributed by atoms with Gasteiger partial charge in [0.05, 0.1) is 5.41 Å². The van der Waals surface area contributed by atoms with Gasteiger partial charge in [0.1, 0.15) is 6.04 Å². The molecule has 6 nitrogen and oxygen atoms in total. The van der Waals surface area contributed by atoms with Crippen molar-refractivity contribution in [3.63, 3.8) is 0 Å². The van der Waals surface area contributed by atoms with Crippen LogP contribution in [0.2, 0.25) is 0 Å². The lowest BCUT2D eigenvalue weighted by atomic mass is 9.89. The lowest BCUT2D eigenvalue weighted by Crippen LogP contribution is -2.52. The molecule has 2 amide bonds. The van der Waals surface area contributed by atoms with Gasteiger partial charge in [-0.1, -0.05) is 6.92 Å². The third-order valence-corrected chi connectivity index (χ3v) is 4.22. The summed E-state index contributed by atoms with van der Waals surface area (Å²) in [6.07, 6.45) is 4.17. The van der Waals surface area contributed by atoms with Crippen molar-refractivity contribution >= 4 is 17.8 Å². The molecule has 1 aliphatic heterocycles. The van der Waals surface area contributed by atoms with E-state index in [2.05, 4.69) is 5.32 Å². The molecule has 0 aliphatic carbocycles. The number of hydrogen-bond donors (Lipinski definition) is 2. The van der Waals surface area contributed by atoms with Gasteiger partial charge in [0.2, 0.25) is 11.8 Å². The van der Waals surface area contributed by atoms with Crippen LogP contribution in [0.15, 0.2) is 0 Å². The van der Waals surface area contributed by atoms with Crippen molar-refractivity contribution in [2.24, 2.45) is 5.41 Å². The lowest BCUT2D eigenvalue weighted by Gasteiger charge is -2.35. The summed E-state index contributed by atoms with van der Waals surface area (Å²) in [6.45, 7) is 6.17. The molecule has 1 fully saturated rings. The molecule has 1 saturated heterocycles. The molecule has 0 aromatic carbocycles. The minimum absolute atomic E-state index is 0.0354. The van der Waals surface area contributed by atoms with Crippen LogP contribution < -0.4 is 5.32 Å². The lowest BCUT2D eigenvalue weighted by molar-refractivity contribution is -0.147. The fourth-order valence-electron chi connectivity index (χ4n) is 2.58. The Morgan fingerprint density at radius 2 is 1.95 bits per heavy atom. The van der Waals surface area contributed by atoms with Crippen LogP contribution in [0, 0.1) is 5.41 Å². The molecule has 22 heavy (non-hydrogen) atoms. The van der Waals surface area contributed by atoms with Crippen molar-refractivity contribution < 1.29 is 19.5 Å². The summed E-state index contributed by atoms with van der Waals surface area (Å²) in [6, 6.07) is -0.402. The van der Waals surface area contributed by atoms with Crippen molar-refractivity contribution in [3.8, 4) is 0 Å². The van der Waals surface area contributed by atoms with E-state index < -0.39 is 17.4 Å². The second-order valence-corrected chi connectivity index (χ2v) is 6.58. The van der Waals surface area contributed by atoms with Crippen LogP contribution >= 0.6 is 0 Å². The second-order valence-electron chi connectivity index (χ2n) is 6.58. The van der Waals surface area contributed by atoms with E-state index in [1.54, 1.807) is 18.7 Å². The number of aliphatic carboxylic acids is 1. The second kappa shape index (κ2) is 8.15. The molecule has 1 aliphatic rings. The van der Waals surface area contributed by atoms with Crippen molar-refractivity contribution in [2.75, 3.05) is 13.1 Å². The minimum Gasteiger partial charge on any atom is -0.481 e. The van der Waals surface area contributed by atoms with Crippen molar-refractivity contribution in [3.05, 3.63) is 0 Å². The predicted molar refractivity (Wildman–Crippen MR) is 83.3 cm³/mol. The quantitative estimate of drug-likeness (QED) is 0.750. The van der Waals surface area contributed by atoms with Crippen LogP contribution in [-0.2, 0) is 14.4 Å². The normalized spacial score (nSPS) is 18.9. The topological polar surface area (TPSA) is 86.7 Å². The van der Waals surface area contributed by atoms with E-state index in [0.717, 1.165) is 19.3 Å². The summed E-state index contributed by atoms with van der Waals surface area (Å²) in [7, 11) is 0. The Labute approximate surface area is 132 Å². The number of nitrogens with one attached hydrogen (secondary N) is 1. The van der Waals surface area contributed by atoms with Gasteiger partial charge in [-0.3, -0.25) is 14.4 Å². The number of likely N-dealkylation sites (tertiary alicyclic amines) is 1. The Hall–Kier alpha value is -1.59. The molecule has 1 heterocycles. The molecule has 2 N–H and O–H groups in total. The molecule has 1 atom stereocenters. The fraction of sp³-hybridized carbons (Fsp3) is 0.812. The highest BCUT2D eigenvalue weighted by Gasteiger charge is 2.32. The van der Waals surface area contributed by atoms with Crippen LogP contribution in [-0.4, -0.2) is 46.9 Å². The molecule has 0 spiro atoms. The average molecular weight is 312 g/mol. The smallest absolute Gasteiger partial charge is 0.309 e. The largest absolute Gasteiger partial charge is 0.481 e. The van der Waals surface area contributed by atoms with Gasteiger partial charge in [0.25, 0.3) is 0 Å². The van der Waals surface area contributed by atoms with Crippen LogP contribution in [0.25, 0.3) is 0 Å². The summed E-state index contributed by atoms with van der Waals surface area (Å²) in [4.78, 5) is 37.2. The standard InChI is InChI=1S/C16H28N2O4/c1-4-7-13(19)18-11-6-5-8-12(18)14(20)17-10-9-16(2,3)15(21)22/h12H,4-11H2,1-3H3,(H,17,20)(H,21,22). The molecule has 6 heteroatoms. The third kappa shape index (κ3) is 5.00. The fourth-order valence-corrected chi connectivity index (χ4v) is 2.58. The molecule has 0 aromatic heterocycles. The zero-order valence-electron chi connectivity index (χ0n) is 13.9. The number of amides is 2. The minimum atomic E-state index is -0.876. The van der Waals surface area contributed by atoms with Gasteiger partial charge in [-0.15, -0.1) is 0 Å². The monoisotopic (exact) mass is 312 g/mol. The van der Waals surface area contributed by atoms with E-state index >= 15 is 0 Å². The highest BCUT2D eigenvalue weighted by atomic mass is 16.4. The van der Waals surface area contributed by atoms with Crippen LogP contribution in [0.1, 0.15) is 59.3 Å². The maximum Gasteiger partial charge on any atom is 0.309 e. The van der Waals surface area contributed by atoms with Gasteiger partial charge in [-0.25, -0.2) is 0 Å². The highest BCUT2D eigenvalue weighted by molar-refractivity contribution is 5.87. The Bertz CT molecular complexity index is 420. The van der Waals surface area contributed by atoms with Crippen LogP contribution in [0.4, 0.5) is 0 Å². The van der Waals surface area contributed by atoms with E-state index in [4.69, 9.17) is 5.11 Å². The maximum atomic E-state index is 12.3. The molecule has 1 rings (SSSR count). The first-order chi connectivity index (χ1) is 10.3. The average Bonchev–Trinajstić information content (AvgIpc) is 2.47. The predicted octanol–water partition coefficient (Wildman–Crippen LogP) is 1.78. The van der Waals surface area contributed by atoms with Gasteiger partial charge in [-0.05, 0) is 46.0 Å².